The first kappa shape index (κ1) is 20.7. The molecule has 162 valence electrons. The van der Waals surface area contributed by atoms with Gasteiger partial charge in [-0.2, -0.15) is 10.2 Å². The van der Waals surface area contributed by atoms with Crippen molar-refractivity contribution in [3.05, 3.63) is 102 Å². The van der Waals surface area contributed by atoms with E-state index in [2.05, 4.69) is 46.7 Å². The molecular formula is C26H21N5OS. The monoisotopic (exact) mass is 451 g/mol. The van der Waals surface area contributed by atoms with Crippen molar-refractivity contribution in [2.75, 3.05) is 5.43 Å². The number of aromatic nitrogens is 3. The molecule has 0 bridgehead atoms. The molecule has 2 heterocycles. The smallest absolute Gasteiger partial charge is 0.203 e. The van der Waals surface area contributed by atoms with E-state index in [0.29, 0.717) is 16.4 Å². The molecule has 0 spiro atoms. The number of para-hydroxylation sites is 2. The fourth-order valence-electron chi connectivity index (χ4n) is 3.43. The Bertz CT molecular complexity index is 1400. The lowest BCUT2D eigenvalue weighted by Crippen LogP contribution is -1.93. The third-order valence-corrected chi connectivity index (χ3v) is 5.88. The lowest BCUT2D eigenvalue weighted by atomic mass is 10.1. The number of hydrazone groups is 1. The van der Waals surface area contributed by atoms with Crippen molar-refractivity contribution in [3.63, 3.8) is 0 Å². The van der Waals surface area contributed by atoms with Gasteiger partial charge in [0.15, 0.2) is 0 Å². The van der Waals surface area contributed by atoms with Gasteiger partial charge in [-0.1, -0.05) is 60.2 Å². The average Bonchev–Trinajstić information content (AvgIpc) is 3.48. The Morgan fingerprint density at radius 2 is 1.73 bits per heavy atom. The summed E-state index contributed by atoms with van der Waals surface area (Å²) in [4.78, 5) is 4.53. The van der Waals surface area contributed by atoms with Crippen LogP contribution < -0.4 is 5.43 Å². The first-order valence-corrected chi connectivity index (χ1v) is 11.3. The normalized spacial score (nSPS) is 11.2. The number of nitrogens with one attached hydrogen (secondary N) is 1. The molecule has 33 heavy (non-hydrogen) atoms. The van der Waals surface area contributed by atoms with Crippen LogP contribution in [-0.4, -0.2) is 26.1 Å². The molecule has 0 aliphatic heterocycles. The van der Waals surface area contributed by atoms with E-state index < -0.39 is 0 Å². The number of aromatic hydroxyl groups is 1. The summed E-state index contributed by atoms with van der Waals surface area (Å²) in [5.74, 6) is 0.203. The van der Waals surface area contributed by atoms with Crippen LogP contribution in [0.2, 0.25) is 0 Å². The second-order valence-corrected chi connectivity index (χ2v) is 8.36. The minimum atomic E-state index is 0.203. The standard InChI is InChI=1S/C26H21N5OS/c1-18-11-13-19(14-12-18)25-20(16-31(30-25)21-7-3-2-4-8-21)15-27-29-26-28-23(17-33-26)22-9-5-6-10-24(22)32/h2-17,32H,1H3,(H,28,29)/b27-15+. The van der Waals surface area contributed by atoms with Crippen LogP contribution in [0, 0.1) is 6.92 Å². The average molecular weight is 452 g/mol. The van der Waals surface area contributed by atoms with Crippen molar-refractivity contribution in [1.82, 2.24) is 14.8 Å². The molecule has 7 heteroatoms. The number of phenols is 1. The van der Waals surface area contributed by atoms with E-state index in [1.807, 2.05) is 58.7 Å². The summed E-state index contributed by atoms with van der Waals surface area (Å²) in [6.07, 6.45) is 3.72. The zero-order chi connectivity index (χ0) is 22.6. The topological polar surface area (TPSA) is 75.3 Å². The Morgan fingerprint density at radius 3 is 2.52 bits per heavy atom. The van der Waals surface area contributed by atoms with E-state index in [4.69, 9.17) is 5.10 Å². The second-order valence-electron chi connectivity index (χ2n) is 7.50. The SMILES string of the molecule is Cc1ccc(-c2nn(-c3ccccc3)cc2/C=N/Nc2nc(-c3ccccc3O)cs2)cc1. The second kappa shape index (κ2) is 9.10. The molecular weight excluding hydrogens is 430 g/mol. The van der Waals surface area contributed by atoms with Crippen LogP contribution >= 0.6 is 11.3 Å². The van der Waals surface area contributed by atoms with E-state index in [-0.39, 0.29) is 5.75 Å². The quantitative estimate of drug-likeness (QED) is 0.241. The number of hydrogen-bond acceptors (Lipinski definition) is 6. The molecule has 0 fully saturated rings. The number of phenolic OH excluding ortho intramolecular Hbond substituents is 1. The van der Waals surface area contributed by atoms with Gasteiger partial charge in [-0.15, -0.1) is 11.3 Å². The highest BCUT2D eigenvalue weighted by molar-refractivity contribution is 7.14. The molecule has 0 amide bonds. The summed E-state index contributed by atoms with van der Waals surface area (Å²) in [5, 5.41) is 21.8. The Kier molecular flexibility index (Phi) is 5.70. The predicted octanol–water partition coefficient (Wildman–Crippen LogP) is 6.12. The van der Waals surface area contributed by atoms with Crippen LogP contribution in [0.25, 0.3) is 28.2 Å². The lowest BCUT2D eigenvalue weighted by molar-refractivity contribution is 0.477. The minimum absolute atomic E-state index is 0.203. The molecule has 5 rings (SSSR count). The highest BCUT2D eigenvalue weighted by Crippen LogP contribution is 2.31. The number of anilines is 1. The summed E-state index contributed by atoms with van der Waals surface area (Å²) < 4.78 is 1.86. The summed E-state index contributed by atoms with van der Waals surface area (Å²) in [5.41, 5.74) is 9.31. The zero-order valence-corrected chi connectivity index (χ0v) is 18.7. The van der Waals surface area contributed by atoms with E-state index in [1.54, 1.807) is 18.3 Å². The first-order chi connectivity index (χ1) is 16.2. The highest BCUT2D eigenvalue weighted by Gasteiger charge is 2.12. The number of nitrogens with zero attached hydrogens (tertiary/aromatic N) is 4. The number of thiazole rings is 1. The van der Waals surface area contributed by atoms with Gasteiger partial charge < -0.3 is 5.11 Å². The van der Waals surface area contributed by atoms with Gasteiger partial charge in [0.05, 0.1) is 17.6 Å². The molecule has 6 nitrogen and oxygen atoms in total. The van der Waals surface area contributed by atoms with Gasteiger partial charge in [-0.3, -0.25) is 5.43 Å². The van der Waals surface area contributed by atoms with Gasteiger partial charge >= 0.3 is 0 Å². The van der Waals surface area contributed by atoms with Crippen molar-refractivity contribution < 1.29 is 5.11 Å². The fourth-order valence-corrected chi connectivity index (χ4v) is 4.09. The maximum atomic E-state index is 10.1. The summed E-state index contributed by atoms with van der Waals surface area (Å²) >= 11 is 1.42. The predicted molar refractivity (Wildman–Crippen MR) is 134 cm³/mol. The molecule has 0 atom stereocenters. The van der Waals surface area contributed by atoms with Crippen molar-refractivity contribution >= 4 is 22.7 Å². The third-order valence-electron chi connectivity index (χ3n) is 5.14. The molecule has 0 aliphatic carbocycles. The summed E-state index contributed by atoms with van der Waals surface area (Å²) in [6, 6.07) is 25.4. The maximum absolute atomic E-state index is 10.1. The Morgan fingerprint density at radius 1 is 0.970 bits per heavy atom. The van der Waals surface area contributed by atoms with Gasteiger partial charge in [0.2, 0.25) is 5.13 Å². The first-order valence-electron chi connectivity index (χ1n) is 10.4. The van der Waals surface area contributed by atoms with Crippen LogP contribution in [-0.2, 0) is 0 Å². The summed E-state index contributed by atoms with van der Waals surface area (Å²) in [7, 11) is 0. The molecule has 0 aliphatic rings. The Labute approximate surface area is 195 Å². The lowest BCUT2D eigenvalue weighted by Gasteiger charge is -2.01. The Hall–Kier alpha value is -4.23. The molecule has 2 N–H and O–H groups in total. The third kappa shape index (κ3) is 4.53. The van der Waals surface area contributed by atoms with Gasteiger partial charge in [-0.25, -0.2) is 9.67 Å². The van der Waals surface area contributed by atoms with Crippen LogP contribution in [0.4, 0.5) is 5.13 Å². The van der Waals surface area contributed by atoms with Crippen LogP contribution in [0.3, 0.4) is 0 Å². The zero-order valence-electron chi connectivity index (χ0n) is 17.9. The molecule has 0 saturated heterocycles. The largest absolute Gasteiger partial charge is 0.507 e. The van der Waals surface area contributed by atoms with Crippen molar-refractivity contribution in [1.29, 1.82) is 0 Å². The van der Waals surface area contributed by atoms with Gasteiger partial charge in [0.1, 0.15) is 11.4 Å². The van der Waals surface area contributed by atoms with Crippen molar-refractivity contribution in [2.24, 2.45) is 5.10 Å². The van der Waals surface area contributed by atoms with Crippen LogP contribution in [0.5, 0.6) is 5.75 Å². The van der Waals surface area contributed by atoms with E-state index in [1.165, 1.54) is 16.9 Å². The van der Waals surface area contributed by atoms with Crippen molar-refractivity contribution in [3.8, 4) is 34.0 Å². The van der Waals surface area contributed by atoms with Crippen LogP contribution in [0.1, 0.15) is 11.1 Å². The van der Waals surface area contributed by atoms with Gasteiger partial charge in [0, 0.05) is 28.3 Å². The molecule has 0 saturated carbocycles. The highest BCUT2D eigenvalue weighted by atomic mass is 32.1. The molecule has 2 aromatic heterocycles. The molecule has 0 radical (unpaired) electrons. The number of hydrogen-bond donors (Lipinski definition) is 2. The Balaban J connectivity index is 1.42. The van der Waals surface area contributed by atoms with E-state index in [0.717, 1.165) is 22.5 Å². The summed E-state index contributed by atoms with van der Waals surface area (Å²) in [6.45, 7) is 2.07. The minimum Gasteiger partial charge on any atom is -0.507 e. The molecule has 3 aromatic carbocycles. The molecule has 5 aromatic rings. The van der Waals surface area contributed by atoms with Gasteiger partial charge in [-0.05, 0) is 31.2 Å². The van der Waals surface area contributed by atoms with E-state index in [9.17, 15) is 5.11 Å². The number of benzene rings is 3. The van der Waals surface area contributed by atoms with Crippen molar-refractivity contribution in [2.45, 2.75) is 6.92 Å². The maximum Gasteiger partial charge on any atom is 0.203 e. The fraction of sp³-hybridized carbons (Fsp3) is 0.0385. The van der Waals surface area contributed by atoms with Gasteiger partial charge in [0.25, 0.3) is 0 Å². The van der Waals surface area contributed by atoms with E-state index >= 15 is 0 Å². The number of aryl methyl sites for hydroxylation is 1. The van der Waals surface area contributed by atoms with Crippen LogP contribution in [0.15, 0.2) is 95.5 Å². The molecule has 0 unspecified atom stereocenters. The number of rotatable bonds is 6.